The number of halogens is 1. The normalized spacial score (nSPS) is 20.4. The fourth-order valence-corrected chi connectivity index (χ4v) is 2.50. The van der Waals surface area contributed by atoms with Gasteiger partial charge in [-0.15, -0.1) is 0 Å². The quantitative estimate of drug-likeness (QED) is 0.664. The smallest absolute Gasteiger partial charge is 0.343 e. The number of carboxylic acids is 1. The van der Waals surface area contributed by atoms with Crippen molar-refractivity contribution in [3.8, 4) is 5.75 Å². The van der Waals surface area contributed by atoms with Crippen molar-refractivity contribution >= 4 is 17.6 Å². The van der Waals surface area contributed by atoms with Gasteiger partial charge in [0.1, 0.15) is 5.75 Å². The van der Waals surface area contributed by atoms with E-state index in [0.29, 0.717) is 0 Å². The maximum Gasteiger partial charge on any atom is 0.343 e. The van der Waals surface area contributed by atoms with Crippen molar-refractivity contribution in [3.63, 3.8) is 0 Å². The molecule has 0 spiro atoms. The van der Waals surface area contributed by atoms with Gasteiger partial charge < -0.3 is 14.7 Å². The molecule has 0 radical (unpaired) electrons. The van der Waals surface area contributed by atoms with E-state index in [-0.39, 0.29) is 35.5 Å². The van der Waals surface area contributed by atoms with Gasteiger partial charge in [0.2, 0.25) is 5.67 Å². The molecule has 1 fully saturated rings. The van der Waals surface area contributed by atoms with Crippen molar-refractivity contribution in [2.75, 3.05) is 20.2 Å². The number of rotatable bonds is 4. The molecule has 0 saturated carbocycles. The first-order valence-corrected chi connectivity index (χ1v) is 6.74. The number of carbonyl (C=O) groups is 2. The number of ether oxygens (including phenoxy) is 1. The Labute approximate surface area is 130 Å². The van der Waals surface area contributed by atoms with Crippen LogP contribution in [0.4, 0.5) is 10.1 Å². The minimum atomic E-state index is -2.49. The van der Waals surface area contributed by atoms with Crippen LogP contribution >= 0.6 is 0 Å². The van der Waals surface area contributed by atoms with E-state index in [2.05, 4.69) is 0 Å². The Hall–Kier alpha value is -2.71. The topological polar surface area (TPSA) is 110 Å². The molecule has 0 aromatic heterocycles. The van der Waals surface area contributed by atoms with Crippen LogP contribution in [0.15, 0.2) is 12.1 Å². The number of hydrogen-bond acceptors (Lipinski definition) is 5. The molecular weight excluding hydrogens is 311 g/mol. The average Bonchev–Trinajstić information content (AvgIpc) is 2.90. The number of carbonyl (C=O) groups excluding carboxylic acids is 1. The van der Waals surface area contributed by atoms with Crippen LogP contribution in [0.2, 0.25) is 0 Å². The van der Waals surface area contributed by atoms with Crippen LogP contribution < -0.4 is 4.74 Å². The van der Waals surface area contributed by atoms with Gasteiger partial charge in [0, 0.05) is 19.0 Å². The number of benzene rings is 1. The molecule has 124 valence electrons. The lowest BCUT2D eigenvalue weighted by Crippen LogP contribution is -2.38. The third-order valence-electron chi connectivity index (χ3n) is 3.89. The summed E-state index contributed by atoms with van der Waals surface area (Å²) >= 11 is 0. The highest BCUT2D eigenvalue weighted by atomic mass is 19.1. The first-order valence-electron chi connectivity index (χ1n) is 6.74. The van der Waals surface area contributed by atoms with Gasteiger partial charge in [0.15, 0.2) is 0 Å². The fraction of sp³-hybridized carbons (Fsp3) is 0.429. The molecule has 1 N–H and O–H groups in total. The van der Waals surface area contributed by atoms with E-state index in [1.165, 1.54) is 20.1 Å². The minimum absolute atomic E-state index is 0.0474. The maximum atomic E-state index is 14.1. The number of nitro groups is 1. The molecule has 1 aromatic rings. The predicted octanol–water partition coefficient (Wildman–Crippen LogP) is 1.55. The standard InChI is InChI=1S/C14H15FN2O6/c1-8-10(17(21)22)5-9(6-11(8)23-2)12(18)16-4-3-14(15,7-16)13(19)20/h5-6H,3-4,7H2,1-2H3,(H,19,20). The van der Waals surface area contributed by atoms with Gasteiger partial charge in [-0.05, 0) is 13.0 Å². The first kappa shape index (κ1) is 16.7. The molecule has 2 rings (SSSR count). The van der Waals surface area contributed by atoms with Crippen molar-refractivity contribution in [2.24, 2.45) is 0 Å². The third kappa shape index (κ3) is 2.94. The first-order chi connectivity index (χ1) is 10.7. The molecule has 0 aliphatic carbocycles. The number of alkyl halides is 1. The molecule has 23 heavy (non-hydrogen) atoms. The second-order valence-electron chi connectivity index (χ2n) is 5.33. The zero-order valence-electron chi connectivity index (χ0n) is 12.5. The number of methoxy groups -OCH3 is 1. The van der Waals surface area contributed by atoms with Crippen molar-refractivity contribution in [1.29, 1.82) is 0 Å². The summed E-state index contributed by atoms with van der Waals surface area (Å²) in [5, 5.41) is 19.9. The summed E-state index contributed by atoms with van der Waals surface area (Å²) in [6.07, 6.45) is -0.320. The van der Waals surface area contributed by atoms with Gasteiger partial charge in [0.05, 0.1) is 29.7 Å². The van der Waals surface area contributed by atoms with Gasteiger partial charge in [-0.2, -0.15) is 0 Å². The summed E-state index contributed by atoms with van der Waals surface area (Å²) in [6.45, 7) is 0.814. The highest BCUT2D eigenvalue weighted by Crippen LogP contribution is 2.32. The van der Waals surface area contributed by atoms with E-state index in [9.17, 15) is 24.1 Å². The van der Waals surface area contributed by atoms with E-state index in [0.717, 1.165) is 11.0 Å². The molecule has 1 aromatic carbocycles. The molecule has 1 aliphatic heterocycles. The maximum absolute atomic E-state index is 14.1. The summed E-state index contributed by atoms with van der Waals surface area (Å²) in [6, 6.07) is 2.41. The largest absolute Gasteiger partial charge is 0.496 e. The molecular formula is C14H15FN2O6. The number of nitro benzene ring substituents is 1. The summed E-state index contributed by atoms with van der Waals surface area (Å²) in [5.74, 6) is -2.14. The minimum Gasteiger partial charge on any atom is -0.496 e. The Bertz CT molecular complexity index is 692. The number of amides is 1. The molecule has 1 saturated heterocycles. The summed E-state index contributed by atoms with van der Waals surface area (Å²) in [5.41, 5.74) is -2.57. The number of nitrogens with zero attached hydrogens (tertiary/aromatic N) is 2. The van der Waals surface area contributed by atoms with Crippen LogP contribution in [0.1, 0.15) is 22.3 Å². The number of aliphatic carboxylic acids is 1. The van der Waals surface area contributed by atoms with Crippen molar-refractivity contribution in [2.45, 2.75) is 19.0 Å². The van der Waals surface area contributed by atoms with Crippen LogP contribution in [-0.2, 0) is 4.79 Å². The number of carboxylic acid groups (broad SMARTS) is 1. The number of likely N-dealkylation sites (tertiary alicyclic amines) is 1. The van der Waals surface area contributed by atoms with Crippen LogP contribution in [0, 0.1) is 17.0 Å². The SMILES string of the molecule is COc1cc(C(=O)N2CCC(F)(C(=O)O)C2)cc([N+](=O)[O-])c1C. The molecule has 9 heteroatoms. The zero-order valence-corrected chi connectivity index (χ0v) is 12.5. The lowest BCUT2D eigenvalue weighted by Gasteiger charge is -2.18. The highest BCUT2D eigenvalue weighted by Gasteiger charge is 2.47. The van der Waals surface area contributed by atoms with E-state index in [1.54, 1.807) is 0 Å². The van der Waals surface area contributed by atoms with E-state index in [1.807, 2.05) is 0 Å². The van der Waals surface area contributed by atoms with Crippen LogP contribution in [0.5, 0.6) is 5.75 Å². The molecule has 0 bridgehead atoms. The molecule has 1 atom stereocenters. The zero-order chi connectivity index (χ0) is 17.4. The Morgan fingerprint density at radius 1 is 1.48 bits per heavy atom. The van der Waals surface area contributed by atoms with Gasteiger partial charge >= 0.3 is 5.97 Å². The molecule has 8 nitrogen and oxygen atoms in total. The summed E-state index contributed by atoms with van der Waals surface area (Å²) in [7, 11) is 1.31. The lowest BCUT2D eigenvalue weighted by molar-refractivity contribution is -0.385. The van der Waals surface area contributed by atoms with Gasteiger partial charge in [-0.3, -0.25) is 14.9 Å². The van der Waals surface area contributed by atoms with Crippen LogP contribution in [0.3, 0.4) is 0 Å². The van der Waals surface area contributed by atoms with Crippen molar-refractivity contribution in [3.05, 3.63) is 33.4 Å². The van der Waals surface area contributed by atoms with Crippen molar-refractivity contribution < 1.29 is 28.7 Å². The Morgan fingerprint density at radius 3 is 2.61 bits per heavy atom. The van der Waals surface area contributed by atoms with E-state index < -0.39 is 29.0 Å². The fourth-order valence-electron chi connectivity index (χ4n) is 2.50. The summed E-state index contributed by atoms with van der Waals surface area (Å²) in [4.78, 5) is 34.7. The molecule has 1 amide bonds. The lowest BCUT2D eigenvalue weighted by atomic mass is 10.1. The van der Waals surface area contributed by atoms with E-state index in [4.69, 9.17) is 9.84 Å². The monoisotopic (exact) mass is 326 g/mol. The van der Waals surface area contributed by atoms with Crippen LogP contribution in [0.25, 0.3) is 0 Å². The Balaban J connectivity index is 2.35. The van der Waals surface area contributed by atoms with Gasteiger partial charge in [-0.1, -0.05) is 0 Å². The Morgan fingerprint density at radius 2 is 2.13 bits per heavy atom. The predicted molar refractivity (Wildman–Crippen MR) is 76.4 cm³/mol. The molecule has 1 heterocycles. The average molecular weight is 326 g/mol. The second-order valence-corrected chi connectivity index (χ2v) is 5.33. The van der Waals surface area contributed by atoms with Gasteiger partial charge in [-0.25, -0.2) is 9.18 Å². The molecule has 1 aliphatic rings. The molecule has 1 unspecified atom stereocenters. The third-order valence-corrected chi connectivity index (χ3v) is 3.89. The number of hydrogen-bond donors (Lipinski definition) is 1. The summed E-state index contributed by atoms with van der Waals surface area (Å²) < 4.78 is 19.1. The Kier molecular flexibility index (Phi) is 4.22. The van der Waals surface area contributed by atoms with Crippen molar-refractivity contribution in [1.82, 2.24) is 4.90 Å². The second kappa shape index (κ2) is 5.82. The van der Waals surface area contributed by atoms with Gasteiger partial charge in [0.25, 0.3) is 11.6 Å². The van der Waals surface area contributed by atoms with Crippen LogP contribution in [-0.4, -0.2) is 52.7 Å². The van der Waals surface area contributed by atoms with E-state index >= 15 is 0 Å². The highest BCUT2D eigenvalue weighted by molar-refractivity contribution is 5.96.